The maximum absolute atomic E-state index is 12.1. The van der Waals surface area contributed by atoms with Crippen molar-refractivity contribution in [1.29, 1.82) is 0 Å². The van der Waals surface area contributed by atoms with Crippen molar-refractivity contribution in [1.82, 2.24) is 5.43 Å². The smallest absolute Gasteiger partial charge is 0.271 e. The lowest BCUT2D eigenvalue weighted by molar-refractivity contribution is 0.0955. The summed E-state index contributed by atoms with van der Waals surface area (Å²) in [4.78, 5) is 12.1. The third kappa shape index (κ3) is 4.85. The Kier molecular flexibility index (Phi) is 6.06. The van der Waals surface area contributed by atoms with Crippen LogP contribution in [0, 0.1) is 0 Å². The molecule has 4 aromatic rings. The molecule has 5 heteroatoms. The number of halogens is 1. The lowest BCUT2D eigenvalue weighted by atomic mass is 10.1. The van der Waals surface area contributed by atoms with Gasteiger partial charge >= 0.3 is 0 Å². The Hall–Kier alpha value is -3.63. The molecule has 0 aliphatic rings. The zero-order valence-corrected chi connectivity index (χ0v) is 16.8. The number of hydrogen-bond acceptors (Lipinski definition) is 3. The Labute approximate surface area is 179 Å². The highest BCUT2D eigenvalue weighted by Gasteiger charge is 2.04. The van der Waals surface area contributed by atoms with Crippen molar-refractivity contribution in [3.8, 4) is 5.75 Å². The molecule has 0 aliphatic heterocycles. The predicted molar refractivity (Wildman–Crippen MR) is 121 cm³/mol. The van der Waals surface area contributed by atoms with Crippen LogP contribution in [0.15, 0.2) is 96.1 Å². The molecule has 0 aliphatic carbocycles. The molecule has 0 bridgehead atoms. The third-order valence-electron chi connectivity index (χ3n) is 4.62. The number of carbonyl (C=O) groups excluding carboxylic acids is 1. The van der Waals surface area contributed by atoms with Crippen molar-refractivity contribution in [2.45, 2.75) is 6.61 Å². The molecule has 1 N–H and O–H groups in total. The van der Waals surface area contributed by atoms with Crippen molar-refractivity contribution in [2.75, 3.05) is 0 Å². The van der Waals surface area contributed by atoms with Gasteiger partial charge < -0.3 is 4.74 Å². The van der Waals surface area contributed by atoms with Crippen LogP contribution < -0.4 is 10.2 Å². The van der Waals surface area contributed by atoms with E-state index < -0.39 is 0 Å². The van der Waals surface area contributed by atoms with Gasteiger partial charge in [-0.15, -0.1) is 0 Å². The first-order chi connectivity index (χ1) is 14.7. The quantitative estimate of drug-likeness (QED) is 0.318. The first-order valence-corrected chi connectivity index (χ1v) is 9.85. The van der Waals surface area contributed by atoms with Crippen LogP contribution in [0.2, 0.25) is 5.02 Å². The number of ether oxygens (including phenoxy) is 1. The lowest BCUT2D eigenvalue weighted by Crippen LogP contribution is -2.17. The number of benzene rings is 4. The van der Waals surface area contributed by atoms with Gasteiger partial charge in [-0.3, -0.25) is 4.79 Å². The van der Waals surface area contributed by atoms with Crippen LogP contribution in [0.4, 0.5) is 0 Å². The Bertz CT molecular complexity index is 1200. The summed E-state index contributed by atoms with van der Waals surface area (Å²) in [6, 6.07) is 28.7. The van der Waals surface area contributed by atoms with Crippen LogP contribution >= 0.6 is 11.6 Å². The second kappa shape index (κ2) is 9.25. The van der Waals surface area contributed by atoms with E-state index in [-0.39, 0.29) is 5.91 Å². The van der Waals surface area contributed by atoms with E-state index in [1.165, 1.54) is 10.8 Å². The van der Waals surface area contributed by atoms with E-state index in [4.69, 9.17) is 16.3 Å². The van der Waals surface area contributed by atoms with E-state index in [1.54, 1.807) is 30.5 Å². The van der Waals surface area contributed by atoms with Crippen LogP contribution in [0.3, 0.4) is 0 Å². The van der Waals surface area contributed by atoms with Gasteiger partial charge in [0.2, 0.25) is 0 Å². The number of rotatable bonds is 6. The van der Waals surface area contributed by atoms with Gasteiger partial charge in [-0.2, -0.15) is 5.10 Å². The van der Waals surface area contributed by atoms with Crippen molar-refractivity contribution in [3.05, 3.63) is 113 Å². The molecule has 30 heavy (non-hydrogen) atoms. The van der Waals surface area contributed by atoms with Gasteiger partial charge in [-0.25, -0.2) is 5.43 Å². The standard InChI is InChI=1S/C25H19ClN2O2/c26-22-9-4-7-20(15-22)25(29)28-27-16-18-11-13-23(14-12-18)30-17-21-8-3-6-19-5-1-2-10-24(19)21/h1-16H,17H2,(H,28,29)/b27-16-. The average molecular weight is 415 g/mol. The van der Waals surface area contributed by atoms with E-state index in [9.17, 15) is 4.79 Å². The fraction of sp³-hybridized carbons (Fsp3) is 0.0400. The second-order valence-electron chi connectivity index (χ2n) is 6.71. The Morgan fingerprint density at radius 1 is 0.933 bits per heavy atom. The van der Waals surface area contributed by atoms with E-state index in [0.717, 1.165) is 16.9 Å². The number of carbonyl (C=O) groups is 1. The Balaban J connectivity index is 1.35. The minimum Gasteiger partial charge on any atom is -0.489 e. The van der Waals surface area contributed by atoms with Gasteiger partial charge in [0.1, 0.15) is 12.4 Å². The Morgan fingerprint density at radius 2 is 1.70 bits per heavy atom. The summed E-state index contributed by atoms with van der Waals surface area (Å²) in [5.41, 5.74) is 4.94. The minimum absolute atomic E-state index is 0.316. The van der Waals surface area contributed by atoms with Crippen molar-refractivity contribution >= 4 is 34.5 Å². The lowest BCUT2D eigenvalue weighted by Gasteiger charge is -2.09. The molecule has 0 unspecified atom stereocenters. The second-order valence-corrected chi connectivity index (χ2v) is 7.14. The first-order valence-electron chi connectivity index (χ1n) is 9.47. The number of hydrogen-bond donors (Lipinski definition) is 1. The molecule has 4 nitrogen and oxygen atoms in total. The van der Waals surface area contributed by atoms with E-state index in [1.807, 2.05) is 42.5 Å². The summed E-state index contributed by atoms with van der Waals surface area (Å²) < 4.78 is 5.94. The van der Waals surface area contributed by atoms with E-state index >= 15 is 0 Å². The van der Waals surface area contributed by atoms with Crippen molar-refractivity contribution in [3.63, 3.8) is 0 Å². The molecule has 1 amide bonds. The average Bonchev–Trinajstić information content (AvgIpc) is 2.78. The molecule has 0 saturated carbocycles. The largest absolute Gasteiger partial charge is 0.489 e. The molecular formula is C25H19ClN2O2. The first kappa shape index (κ1) is 19.7. The van der Waals surface area contributed by atoms with E-state index in [2.05, 4.69) is 34.8 Å². The summed E-state index contributed by atoms with van der Waals surface area (Å²) in [6.07, 6.45) is 1.58. The molecule has 0 aromatic heterocycles. The summed E-state index contributed by atoms with van der Waals surface area (Å²) in [5, 5.41) is 6.89. The highest BCUT2D eigenvalue weighted by molar-refractivity contribution is 6.30. The monoisotopic (exact) mass is 414 g/mol. The zero-order valence-electron chi connectivity index (χ0n) is 16.1. The maximum Gasteiger partial charge on any atom is 0.271 e. The number of nitrogens with one attached hydrogen (secondary N) is 1. The molecule has 0 atom stereocenters. The fourth-order valence-electron chi connectivity index (χ4n) is 3.09. The topological polar surface area (TPSA) is 50.7 Å². The minimum atomic E-state index is -0.316. The molecule has 4 aromatic carbocycles. The van der Waals surface area contributed by atoms with Crippen molar-refractivity contribution < 1.29 is 9.53 Å². The molecule has 148 valence electrons. The van der Waals surface area contributed by atoms with Gasteiger partial charge in [-0.05, 0) is 64.4 Å². The fourth-order valence-corrected chi connectivity index (χ4v) is 3.28. The Morgan fingerprint density at radius 3 is 2.53 bits per heavy atom. The summed E-state index contributed by atoms with van der Waals surface area (Å²) >= 11 is 5.90. The van der Waals surface area contributed by atoms with Crippen LogP contribution in [-0.2, 0) is 6.61 Å². The predicted octanol–water partition coefficient (Wildman–Crippen LogP) is 5.84. The van der Waals surface area contributed by atoms with Gasteiger partial charge in [0.25, 0.3) is 5.91 Å². The molecular weight excluding hydrogens is 396 g/mol. The van der Waals surface area contributed by atoms with Crippen molar-refractivity contribution in [2.24, 2.45) is 5.10 Å². The molecule has 4 rings (SSSR count). The molecule has 0 radical (unpaired) electrons. The van der Waals surface area contributed by atoms with Gasteiger partial charge in [0, 0.05) is 10.6 Å². The summed E-state index contributed by atoms with van der Waals surface area (Å²) in [6.45, 7) is 0.491. The molecule has 0 heterocycles. The number of amides is 1. The summed E-state index contributed by atoms with van der Waals surface area (Å²) in [5.74, 6) is 0.451. The number of nitrogens with zero attached hydrogens (tertiary/aromatic N) is 1. The van der Waals surface area contributed by atoms with Crippen LogP contribution in [0.25, 0.3) is 10.8 Å². The SMILES string of the molecule is O=C(N/N=C\c1ccc(OCc2cccc3ccccc23)cc1)c1cccc(Cl)c1. The van der Waals surface area contributed by atoms with Crippen LogP contribution in [0.1, 0.15) is 21.5 Å². The number of hydrazone groups is 1. The molecule has 0 saturated heterocycles. The third-order valence-corrected chi connectivity index (χ3v) is 4.86. The highest BCUT2D eigenvalue weighted by atomic mass is 35.5. The maximum atomic E-state index is 12.1. The van der Waals surface area contributed by atoms with Crippen LogP contribution in [0.5, 0.6) is 5.75 Å². The van der Waals surface area contributed by atoms with Gasteiger partial charge in [-0.1, -0.05) is 60.1 Å². The summed E-state index contributed by atoms with van der Waals surface area (Å²) in [7, 11) is 0. The van der Waals surface area contributed by atoms with E-state index in [0.29, 0.717) is 17.2 Å². The van der Waals surface area contributed by atoms with Crippen LogP contribution in [-0.4, -0.2) is 12.1 Å². The van der Waals surface area contributed by atoms with Gasteiger partial charge in [0.15, 0.2) is 0 Å². The number of fused-ring (bicyclic) bond motifs is 1. The molecule has 0 fully saturated rings. The molecule has 0 spiro atoms. The van der Waals surface area contributed by atoms with Gasteiger partial charge in [0.05, 0.1) is 6.21 Å². The normalized spacial score (nSPS) is 11.0. The highest BCUT2D eigenvalue weighted by Crippen LogP contribution is 2.21. The zero-order chi connectivity index (χ0) is 20.8.